The number of aryl methyl sites for hydroxylation is 1. The van der Waals surface area contributed by atoms with Crippen LogP contribution in [-0.2, 0) is 16.0 Å². The van der Waals surface area contributed by atoms with Gasteiger partial charge >= 0.3 is 0 Å². The van der Waals surface area contributed by atoms with E-state index in [9.17, 15) is 9.90 Å². The lowest BCUT2D eigenvalue weighted by atomic mass is 9.85. The summed E-state index contributed by atoms with van der Waals surface area (Å²) in [5.74, 6) is -0.0622. The smallest absolute Gasteiger partial charge is 0.200 e. The number of aromatic hydroxyl groups is 1. The third-order valence-corrected chi connectivity index (χ3v) is 5.39. The molecular weight excluding hydrogens is 436 g/mol. The lowest BCUT2D eigenvalue weighted by Gasteiger charge is -2.30. The van der Waals surface area contributed by atoms with E-state index >= 15 is 0 Å². The second-order valence-corrected chi connectivity index (χ2v) is 7.72. The number of phenols is 1. The summed E-state index contributed by atoms with van der Waals surface area (Å²) in [5, 5.41) is 10.5. The number of carbonyl (C=O) groups excluding carboxylic acids is 1. The van der Waals surface area contributed by atoms with Crippen LogP contribution in [0.2, 0.25) is 0 Å². The van der Waals surface area contributed by atoms with E-state index in [1.54, 1.807) is 7.11 Å². The number of methoxy groups -OCH3 is 1. The zero-order chi connectivity index (χ0) is 17.9. The molecule has 0 spiro atoms. The van der Waals surface area contributed by atoms with Crippen LogP contribution in [0.25, 0.3) is 5.57 Å². The molecule has 1 atom stereocenters. The summed E-state index contributed by atoms with van der Waals surface area (Å²) in [5.41, 5.74) is 1.45. The number of benzene rings is 1. The minimum atomic E-state index is -0.642. The lowest BCUT2D eigenvalue weighted by molar-refractivity contribution is -0.110. The number of carbonyl (C=O) groups is 1. The molecule has 5 heteroatoms. The Kier molecular flexibility index (Phi) is 6.46. The third kappa shape index (κ3) is 3.84. The molecule has 0 saturated heterocycles. The fourth-order valence-corrected chi connectivity index (χ4v) is 4.12. The van der Waals surface area contributed by atoms with Crippen LogP contribution in [0, 0.1) is 0 Å². The number of Topliss-reactive ketones (excluding diaryl/α,β-unsaturated/α-hetero) is 1. The number of ether oxygens (including phenoxy) is 1. The first-order chi connectivity index (χ1) is 11.4. The average molecular weight is 458 g/mol. The second kappa shape index (κ2) is 7.98. The minimum absolute atomic E-state index is 0.0816. The molecule has 2 rings (SSSR count). The standard InChI is InChI=1S/C19H22Br2O3/c1-4-6-12-8-13(17(22)15(20)9-12)14-10-19(24-3,7-5-2)11-16(21)18(14)23/h8-11,22H,4-7H2,1-3H3. The maximum absolute atomic E-state index is 12.7. The van der Waals surface area contributed by atoms with E-state index in [0.29, 0.717) is 20.1 Å². The largest absolute Gasteiger partial charge is 0.506 e. The van der Waals surface area contributed by atoms with E-state index in [0.717, 1.165) is 31.2 Å². The molecule has 0 fully saturated rings. The Morgan fingerprint density at radius 3 is 2.46 bits per heavy atom. The van der Waals surface area contributed by atoms with Crippen LogP contribution in [0.4, 0.5) is 0 Å². The van der Waals surface area contributed by atoms with Crippen molar-refractivity contribution >= 4 is 43.2 Å². The van der Waals surface area contributed by atoms with Crippen LogP contribution in [0.15, 0.2) is 33.2 Å². The molecule has 0 aliphatic heterocycles. The molecule has 3 nitrogen and oxygen atoms in total. The Hall–Kier alpha value is -0.910. The average Bonchev–Trinajstić information content (AvgIpc) is 2.55. The highest BCUT2D eigenvalue weighted by Gasteiger charge is 2.34. The predicted molar refractivity (Wildman–Crippen MR) is 104 cm³/mol. The Morgan fingerprint density at radius 2 is 1.88 bits per heavy atom. The van der Waals surface area contributed by atoms with Gasteiger partial charge in [-0.15, -0.1) is 0 Å². The van der Waals surface area contributed by atoms with Gasteiger partial charge in [0.25, 0.3) is 0 Å². The highest BCUT2D eigenvalue weighted by Crippen LogP contribution is 2.41. The molecule has 0 saturated carbocycles. The van der Waals surface area contributed by atoms with Gasteiger partial charge in [0.05, 0.1) is 8.96 Å². The maximum Gasteiger partial charge on any atom is 0.200 e. The van der Waals surface area contributed by atoms with Crippen LogP contribution in [0.3, 0.4) is 0 Å². The van der Waals surface area contributed by atoms with Crippen LogP contribution < -0.4 is 0 Å². The zero-order valence-electron chi connectivity index (χ0n) is 14.2. The summed E-state index contributed by atoms with van der Waals surface area (Å²) in [6.07, 6.45) is 7.19. The fraction of sp³-hybridized carbons (Fsp3) is 0.421. The number of rotatable bonds is 6. The molecule has 1 aromatic carbocycles. The van der Waals surface area contributed by atoms with Gasteiger partial charge in [-0.2, -0.15) is 0 Å². The monoisotopic (exact) mass is 456 g/mol. The molecule has 0 aromatic heterocycles. The van der Waals surface area contributed by atoms with Crippen molar-refractivity contribution in [1.29, 1.82) is 0 Å². The van der Waals surface area contributed by atoms with Crippen molar-refractivity contribution in [3.63, 3.8) is 0 Å². The van der Waals surface area contributed by atoms with Crippen LogP contribution in [0.5, 0.6) is 5.75 Å². The van der Waals surface area contributed by atoms with Crippen molar-refractivity contribution in [2.45, 2.75) is 45.1 Å². The topological polar surface area (TPSA) is 46.5 Å². The number of hydrogen-bond acceptors (Lipinski definition) is 3. The van der Waals surface area contributed by atoms with Gasteiger partial charge in [-0.3, -0.25) is 4.79 Å². The van der Waals surface area contributed by atoms with Gasteiger partial charge in [0.15, 0.2) is 5.78 Å². The van der Waals surface area contributed by atoms with Gasteiger partial charge in [-0.1, -0.05) is 26.7 Å². The van der Waals surface area contributed by atoms with Crippen molar-refractivity contribution < 1.29 is 14.6 Å². The SMILES string of the molecule is CCCc1cc(Br)c(O)c(C2=CC(CCC)(OC)C=C(Br)C2=O)c1. The quantitative estimate of drug-likeness (QED) is 0.610. The van der Waals surface area contributed by atoms with Crippen molar-refractivity contribution in [2.75, 3.05) is 7.11 Å². The molecule has 0 bridgehead atoms. The molecule has 1 aliphatic carbocycles. The number of allylic oxidation sites excluding steroid dienone is 2. The molecule has 0 amide bonds. The Labute approximate surface area is 160 Å². The highest BCUT2D eigenvalue weighted by molar-refractivity contribution is 9.12. The van der Waals surface area contributed by atoms with Crippen LogP contribution in [0.1, 0.15) is 44.2 Å². The van der Waals surface area contributed by atoms with Crippen LogP contribution >= 0.6 is 31.9 Å². The van der Waals surface area contributed by atoms with E-state index in [2.05, 4.69) is 45.7 Å². The summed E-state index contributed by atoms with van der Waals surface area (Å²) < 4.78 is 6.77. The van der Waals surface area contributed by atoms with E-state index in [4.69, 9.17) is 4.74 Å². The number of phenolic OH excluding ortho intramolecular Hbond substituents is 1. The summed E-state index contributed by atoms with van der Waals surface area (Å²) in [6.45, 7) is 4.17. The van der Waals surface area contributed by atoms with E-state index in [1.165, 1.54) is 0 Å². The number of halogens is 2. The molecule has 24 heavy (non-hydrogen) atoms. The second-order valence-electron chi connectivity index (χ2n) is 6.01. The van der Waals surface area contributed by atoms with Gasteiger partial charge in [0.2, 0.25) is 0 Å². The number of hydrogen-bond donors (Lipinski definition) is 1. The first-order valence-corrected chi connectivity index (χ1v) is 9.68. The van der Waals surface area contributed by atoms with Gasteiger partial charge in [-0.25, -0.2) is 0 Å². The summed E-state index contributed by atoms with van der Waals surface area (Å²) in [6, 6.07) is 3.79. The van der Waals surface area contributed by atoms with Gasteiger partial charge in [0, 0.05) is 18.2 Å². The van der Waals surface area contributed by atoms with Crippen molar-refractivity contribution in [1.82, 2.24) is 0 Å². The molecule has 130 valence electrons. The summed E-state index contributed by atoms with van der Waals surface area (Å²) in [7, 11) is 1.64. The lowest BCUT2D eigenvalue weighted by Crippen LogP contribution is -2.31. The Morgan fingerprint density at radius 1 is 1.17 bits per heavy atom. The Bertz CT molecular complexity index is 707. The van der Waals surface area contributed by atoms with E-state index in [-0.39, 0.29) is 11.5 Å². The summed E-state index contributed by atoms with van der Waals surface area (Å²) >= 11 is 6.77. The van der Waals surface area contributed by atoms with Crippen molar-refractivity contribution in [2.24, 2.45) is 0 Å². The molecule has 0 heterocycles. The summed E-state index contributed by atoms with van der Waals surface area (Å²) in [4.78, 5) is 12.7. The molecule has 1 N–H and O–H groups in total. The highest BCUT2D eigenvalue weighted by atomic mass is 79.9. The first kappa shape index (κ1) is 19.4. The zero-order valence-corrected chi connectivity index (χ0v) is 17.3. The molecule has 1 aliphatic rings. The molecule has 0 radical (unpaired) electrons. The van der Waals surface area contributed by atoms with E-state index < -0.39 is 5.60 Å². The van der Waals surface area contributed by atoms with Gasteiger partial charge in [0.1, 0.15) is 11.4 Å². The van der Waals surface area contributed by atoms with E-state index in [1.807, 2.05) is 24.3 Å². The third-order valence-electron chi connectivity index (χ3n) is 4.19. The Balaban J connectivity index is 2.63. The van der Waals surface area contributed by atoms with Crippen LogP contribution in [-0.4, -0.2) is 23.6 Å². The number of ketones is 1. The first-order valence-electron chi connectivity index (χ1n) is 8.10. The minimum Gasteiger partial charge on any atom is -0.506 e. The molecular formula is C19H22Br2O3. The van der Waals surface area contributed by atoms with Crippen molar-refractivity contribution in [3.05, 3.63) is 44.4 Å². The fourth-order valence-electron chi connectivity index (χ4n) is 3.01. The molecule has 1 aromatic rings. The van der Waals surface area contributed by atoms with Gasteiger partial charge in [-0.05, 0) is 74.5 Å². The maximum atomic E-state index is 12.7. The molecule has 1 unspecified atom stereocenters. The van der Waals surface area contributed by atoms with Crippen molar-refractivity contribution in [3.8, 4) is 5.75 Å². The van der Waals surface area contributed by atoms with Gasteiger partial charge < -0.3 is 9.84 Å². The predicted octanol–water partition coefficient (Wildman–Crippen LogP) is 5.54. The normalized spacial score (nSPS) is 20.8.